The molecule has 0 radical (unpaired) electrons. The van der Waals surface area contributed by atoms with Crippen LogP contribution in [0.25, 0.3) is 0 Å². The standard InChI is InChI=1S/C17H22BrN3O/c1-19-6-2-3-16(19)13-21-9-7-20(8-10-21)12-14-11-15(18)4-5-17(14)22/h2-6,11,22H,7-10,12-13H2,1H3. The molecule has 0 saturated carbocycles. The maximum absolute atomic E-state index is 9.96. The van der Waals surface area contributed by atoms with Crippen molar-refractivity contribution in [2.45, 2.75) is 13.1 Å². The third kappa shape index (κ3) is 3.72. The van der Waals surface area contributed by atoms with Gasteiger partial charge in [0.25, 0.3) is 0 Å². The molecule has 1 N–H and O–H groups in total. The summed E-state index contributed by atoms with van der Waals surface area (Å²) in [4.78, 5) is 4.90. The highest BCUT2D eigenvalue weighted by Crippen LogP contribution is 2.23. The van der Waals surface area contributed by atoms with Crippen LogP contribution >= 0.6 is 15.9 Å². The molecule has 22 heavy (non-hydrogen) atoms. The van der Waals surface area contributed by atoms with Crippen molar-refractivity contribution >= 4 is 15.9 Å². The number of benzene rings is 1. The van der Waals surface area contributed by atoms with E-state index in [0.29, 0.717) is 5.75 Å². The van der Waals surface area contributed by atoms with Gasteiger partial charge < -0.3 is 9.67 Å². The Morgan fingerprint density at radius 2 is 1.73 bits per heavy atom. The van der Waals surface area contributed by atoms with Crippen molar-refractivity contribution in [1.29, 1.82) is 0 Å². The van der Waals surface area contributed by atoms with Gasteiger partial charge in [0.2, 0.25) is 0 Å². The first-order valence-corrected chi connectivity index (χ1v) is 8.43. The summed E-state index contributed by atoms with van der Waals surface area (Å²) in [7, 11) is 2.10. The molecule has 1 aromatic carbocycles. The third-order valence-electron chi connectivity index (χ3n) is 4.34. The largest absolute Gasteiger partial charge is 0.508 e. The van der Waals surface area contributed by atoms with E-state index in [9.17, 15) is 5.11 Å². The molecule has 118 valence electrons. The van der Waals surface area contributed by atoms with E-state index >= 15 is 0 Å². The lowest BCUT2D eigenvalue weighted by Crippen LogP contribution is -2.45. The minimum Gasteiger partial charge on any atom is -0.508 e. The first-order chi connectivity index (χ1) is 10.6. The van der Waals surface area contributed by atoms with Gasteiger partial charge in [0.1, 0.15) is 5.75 Å². The molecule has 1 aliphatic heterocycles. The molecule has 2 heterocycles. The van der Waals surface area contributed by atoms with E-state index in [1.165, 1.54) is 5.69 Å². The summed E-state index contributed by atoms with van der Waals surface area (Å²) in [5.74, 6) is 0.384. The van der Waals surface area contributed by atoms with Crippen molar-refractivity contribution in [1.82, 2.24) is 14.4 Å². The summed E-state index contributed by atoms with van der Waals surface area (Å²) in [5.41, 5.74) is 2.35. The monoisotopic (exact) mass is 363 g/mol. The smallest absolute Gasteiger partial charge is 0.120 e. The highest BCUT2D eigenvalue weighted by Gasteiger charge is 2.18. The van der Waals surface area contributed by atoms with Gasteiger partial charge in [-0.1, -0.05) is 15.9 Å². The molecule has 1 fully saturated rings. The lowest BCUT2D eigenvalue weighted by molar-refractivity contribution is 0.119. The Morgan fingerprint density at radius 1 is 1.05 bits per heavy atom. The normalized spacial score (nSPS) is 17.0. The summed E-state index contributed by atoms with van der Waals surface area (Å²) in [6.45, 7) is 6.04. The quantitative estimate of drug-likeness (QED) is 0.906. The maximum atomic E-state index is 9.96. The highest BCUT2D eigenvalue weighted by atomic mass is 79.9. The second kappa shape index (κ2) is 6.86. The van der Waals surface area contributed by atoms with E-state index in [4.69, 9.17) is 0 Å². The number of hydrogen-bond acceptors (Lipinski definition) is 3. The number of halogens is 1. The maximum Gasteiger partial charge on any atom is 0.120 e. The van der Waals surface area contributed by atoms with Gasteiger partial charge in [-0.05, 0) is 30.3 Å². The average Bonchev–Trinajstić information content (AvgIpc) is 2.90. The van der Waals surface area contributed by atoms with Crippen molar-refractivity contribution < 1.29 is 5.11 Å². The van der Waals surface area contributed by atoms with Gasteiger partial charge in [-0.3, -0.25) is 9.80 Å². The minimum absolute atomic E-state index is 0.384. The predicted octanol–water partition coefficient (Wildman–Crippen LogP) is 2.81. The Kier molecular flexibility index (Phi) is 4.86. The van der Waals surface area contributed by atoms with Crippen molar-refractivity contribution in [3.8, 4) is 5.75 Å². The number of rotatable bonds is 4. The fourth-order valence-electron chi connectivity index (χ4n) is 2.92. The third-order valence-corrected chi connectivity index (χ3v) is 4.83. The fourth-order valence-corrected chi connectivity index (χ4v) is 3.33. The highest BCUT2D eigenvalue weighted by molar-refractivity contribution is 9.10. The molecule has 0 spiro atoms. The van der Waals surface area contributed by atoms with Gasteiger partial charge in [-0.15, -0.1) is 0 Å². The summed E-state index contributed by atoms with van der Waals surface area (Å²) < 4.78 is 3.20. The van der Waals surface area contributed by atoms with Gasteiger partial charge in [0.15, 0.2) is 0 Å². The lowest BCUT2D eigenvalue weighted by Gasteiger charge is -2.34. The lowest BCUT2D eigenvalue weighted by atomic mass is 10.1. The van der Waals surface area contributed by atoms with E-state index in [1.54, 1.807) is 6.07 Å². The zero-order valence-electron chi connectivity index (χ0n) is 12.9. The SMILES string of the molecule is Cn1cccc1CN1CCN(Cc2cc(Br)ccc2O)CC1. The van der Waals surface area contributed by atoms with Crippen LogP contribution in [0.3, 0.4) is 0 Å². The number of nitrogens with zero attached hydrogens (tertiary/aromatic N) is 3. The second-order valence-corrected chi connectivity index (χ2v) is 6.85. The number of hydrogen-bond donors (Lipinski definition) is 1. The molecule has 2 aromatic rings. The summed E-state index contributed by atoms with van der Waals surface area (Å²) in [6.07, 6.45) is 2.10. The van der Waals surface area contributed by atoms with E-state index in [-0.39, 0.29) is 0 Å². The van der Waals surface area contributed by atoms with Crippen LogP contribution < -0.4 is 0 Å². The van der Waals surface area contributed by atoms with Gasteiger partial charge in [0.05, 0.1) is 0 Å². The molecule has 0 aliphatic carbocycles. The number of phenolic OH excluding ortho intramolecular Hbond substituents is 1. The van der Waals surface area contributed by atoms with Crippen molar-refractivity contribution in [2.75, 3.05) is 26.2 Å². The van der Waals surface area contributed by atoms with E-state index in [0.717, 1.165) is 49.3 Å². The number of phenols is 1. The van der Waals surface area contributed by atoms with Crippen molar-refractivity contribution in [2.24, 2.45) is 7.05 Å². The molecular weight excluding hydrogens is 342 g/mol. The van der Waals surface area contributed by atoms with Crippen LogP contribution in [0.4, 0.5) is 0 Å². The van der Waals surface area contributed by atoms with Crippen LogP contribution in [0.15, 0.2) is 41.0 Å². The molecular formula is C17H22BrN3O. The predicted molar refractivity (Wildman–Crippen MR) is 91.8 cm³/mol. The average molecular weight is 364 g/mol. The first kappa shape index (κ1) is 15.6. The number of aromatic hydroxyl groups is 1. The molecule has 1 aliphatic rings. The Morgan fingerprint density at radius 3 is 2.36 bits per heavy atom. The molecule has 1 saturated heterocycles. The van der Waals surface area contributed by atoms with E-state index in [1.807, 2.05) is 12.1 Å². The molecule has 0 atom stereocenters. The van der Waals surface area contributed by atoms with Crippen LogP contribution in [0, 0.1) is 0 Å². The number of aromatic nitrogens is 1. The van der Waals surface area contributed by atoms with Crippen LogP contribution in [-0.2, 0) is 20.1 Å². The molecule has 5 heteroatoms. The first-order valence-electron chi connectivity index (χ1n) is 7.64. The van der Waals surface area contributed by atoms with Gasteiger partial charge in [0, 0.05) is 68.2 Å². The molecule has 3 rings (SSSR count). The van der Waals surface area contributed by atoms with Gasteiger partial charge in [-0.25, -0.2) is 0 Å². The molecule has 0 bridgehead atoms. The van der Waals surface area contributed by atoms with Gasteiger partial charge >= 0.3 is 0 Å². The Balaban J connectivity index is 1.53. The fraction of sp³-hybridized carbons (Fsp3) is 0.412. The van der Waals surface area contributed by atoms with E-state index in [2.05, 4.69) is 55.7 Å². The molecule has 0 unspecified atom stereocenters. The Bertz CT molecular complexity index is 633. The summed E-state index contributed by atoms with van der Waals surface area (Å²) in [5, 5.41) is 9.96. The van der Waals surface area contributed by atoms with Crippen molar-refractivity contribution in [3.05, 3.63) is 52.3 Å². The topological polar surface area (TPSA) is 31.6 Å². The van der Waals surface area contributed by atoms with Crippen LogP contribution in [0.5, 0.6) is 5.75 Å². The molecule has 4 nitrogen and oxygen atoms in total. The second-order valence-electron chi connectivity index (χ2n) is 5.94. The molecule has 0 amide bonds. The molecule has 1 aromatic heterocycles. The van der Waals surface area contributed by atoms with Crippen LogP contribution in [0.2, 0.25) is 0 Å². The number of piperazine rings is 1. The Labute approximate surface area is 140 Å². The minimum atomic E-state index is 0.384. The van der Waals surface area contributed by atoms with Crippen LogP contribution in [-0.4, -0.2) is 45.7 Å². The van der Waals surface area contributed by atoms with Crippen molar-refractivity contribution in [3.63, 3.8) is 0 Å². The summed E-state index contributed by atoms with van der Waals surface area (Å²) in [6, 6.07) is 9.92. The van der Waals surface area contributed by atoms with Crippen LogP contribution in [0.1, 0.15) is 11.3 Å². The zero-order chi connectivity index (χ0) is 15.5. The number of aryl methyl sites for hydroxylation is 1. The van der Waals surface area contributed by atoms with E-state index < -0.39 is 0 Å². The summed E-state index contributed by atoms with van der Waals surface area (Å²) >= 11 is 3.47. The Hall–Kier alpha value is -1.30. The van der Waals surface area contributed by atoms with Gasteiger partial charge in [-0.2, -0.15) is 0 Å². The zero-order valence-corrected chi connectivity index (χ0v) is 14.5.